The number of carbonyl (C=O) groups is 1. The third-order valence-electron chi connectivity index (χ3n) is 4.06. The lowest BCUT2D eigenvalue weighted by Gasteiger charge is -2.51. The highest BCUT2D eigenvalue weighted by molar-refractivity contribution is 5.68. The van der Waals surface area contributed by atoms with E-state index in [1.807, 2.05) is 20.8 Å². The summed E-state index contributed by atoms with van der Waals surface area (Å²) >= 11 is 0. The molecule has 2 fully saturated rings. The Bertz CT molecular complexity index is 316. The monoisotopic (exact) mass is 254 g/mol. The van der Waals surface area contributed by atoms with Gasteiger partial charge in [-0.1, -0.05) is 6.42 Å². The van der Waals surface area contributed by atoms with Crippen molar-refractivity contribution in [3.8, 4) is 0 Å². The number of rotatable bonds is 1. The van der Waals surface area contributed by atoms with Crippen molar-refractivity contribution in [2.24, 2.45) is 11.1 Å². The fraction of sp³-hybridized carbons (Fsp3) is 0.929. The minimum absolute atomic E-state index is 0.283. The van der Waals surface area contributed by atoms with E-state index in [9.17, 15) is 4.79 Å². The summed E-state index contributed by atoms with van der Waals surface area (Å²) in [6.45, 7) is 5.65. The molecule has 4 heteroatoms. The van der Waals surface area contributed by atoms with E-state index in [1.54, 1.807) is 0 Å². The van der Waals surface area contributed by atoms with Crippen molar-refractivity contribution >= 4 is 6.09 Å². The molecule has 1 amide bonds. The van der Waals surface area contributed by atoms with Gasteiger partial charge in [-0.25, -0.2) is 4.79 Å². The predicted octanol–water partition coefficient (Wildman–Crippen LogP) is 2.56. The fourth-order valence-corrected chi connectivity index (χ4v) is 3.43. The van der Waals surface area contributed by atoms with Gasteiger partial charge in [0.2, 0.25) is 0 Å². The lowest BCUT2D eigenvalue weighted by molar-refractivity contribution is 0.0132. The fourth-order valence-electron chi connectivity index (χ4n) is 3.43. The second-order valence-electron chi connectivity index (χ2n) is 7.11. The molecule has 18 heavy (non-hydrogen) atoms. The molecule has 1 atom stereocenters. The summed E-state index contributed by atoms with van der Waals surface area (Å²) in [5.74, 6) is 0. The number of alkyl carbamates (subject to hydrolysis) is 1. The molecule has 0 aromatic rings. The third-order valence-corrected chi connectivity index (χ3v) is 4.06. The Balaban J connectivity index is 1.74. The van der Waals surface area contributed by atoms with Gasteiger partial charge in [0.25, 0.3) is 0 Å². The van der Waals surface area contributed by atoms with Gasteiger partial charge in [-0.15, -0.1) is 0 Å². The standard InChI is InChI=1S/C14H26N2O2/c1-13(2,3)18-12(17)16-11-8-14(9-11)6-4-5-10(15)7-14/h10-11H,4-9,15H2,1-3H3,(H,16,17). The Morgan fingerprint density at radius 2 is 2.00 bits per heavy atom. The number of amides is 1. The molecule has 2 aliphatic rings. The van der Waals surface area contributed by atoms with E-state index in [1.165, 1.54) is 12.8 Å². The van der Waals surface area contributed by atoms with Gasteiger partial charge in [0.1, 0.15) is 5.60 Å². The van der Waals surface area contributed by atoms with E-state index in [0.29, 0.717) is 11.5 Å². The Morgan fingerprint density at radius 1 is 1.33 bits per heavy atom. The van der Waals surface area contributed by atoms with Crippen LogP contribution < -0.4 is 11.1 Å². The zero-order chi connectivity index (χ0) is 13.4. The van der Waals surface area contributed by atoms with Crippen LogP contribution in [0.4, 0.5) is 4.79 Å². The van der Waals surface area contributed by atoms with Gasteiger partial charge in [0.05, 0.1) is 0 Å². The summed E-state index contributed by atoms with van der Waals surface area (Å²) in [6.07, 6.45) is 6.64. The Kier molecular flexibility index (Phi) is 3.58. The van der Waals surface area contributed by atoms with Crippen LogP contribution in [0.1, 0.15) is 59.3 Å². The predicted molar refractivity (Wildman–Crippen MR) is 71.3 cm³/mol. The van der Waals surface area contributed by atoms with Crippen LogP contribution in [0.3, 0.4) is 0 Å². The molecule has 104 valence electrons. The summed E-state index contributed by atoms with van der Waals surface area (Å²) in [5.41, 5.74) is 6.03. The molecule has 0 bridgehead atoms. The highest BCUT2D eigenvalue weighted by Gasteiger charge is 2.46. The van der Waals surface area contributed by atoms with Crippen molar-refractivity contribution in [1.29, 1.82) is 0 Å². The van der Waals surface area contributed by atoms with Crippen LogP contribution in [0.15, 0.2) is 0 Å². The molecule has 1 unspecified atom stereocenters. The van der Waals surface area contributed by atoms with Crippen LogP contribution in [0.5, 0.6) is 0 Å². The molecule has 0 radical (unpaired) electrons. The lowest BCUT2D eigenvalue weighted by atomic mass is 9.57. The van der Waals surface area contributed by atoms with E-state index in [4.69, 9.17) is 10.5 Å². The molecule has 2 aliphatic carbocycles. The molecular formula is C14H26N2O2. The van der Waals surface area contributed by atoms with Gasteiger partial charge in [-0.2, -0.15) is 0 Å². The highest BCUT2D eigenvalue weighted by Crippen LogP contribution is 2.51. The van der Waals surface area contributed by atoms with Crippen LogP contribution in [0.25, 0.3) is 0 Å². The Hall–Kier alpha value is -0.770. The van der Waals surface area contributed by atoms with Crippen molar-refractivity contribution in [3.05, 3.63) is 0 Å². The summed E-state index contributed by atoms with van der Waals surface area (Å²) in [5, 5.41) is 2.96. The maximum absolute atomic E-state index is 11.6. The van der Waals surface area contributed by atoms with Crippen molar-refractivity contribution < 1.29 is 9.53 Å². The Labute approximate surface area is 110 Å². The van der Waals surface area contributed by atoms with Crippen molar-refractivity contribution in [2.75, 3.05) is 0 Å². The molecule has 0 aromatic carbocycles. The van der Waals surface area contributed by atoms with E-state index < -0.39 is 5.60 Å². The zero-order valence-electron chi connectivity index (χ0n) is 11.8. The van der Waals surface area contributed by atoms with Crippen molar-refractivity contribution in [3.63, 3.8) is 0 Å². The zero-order valence-corrected chi connectivity index (χ0v) is 11.8. The van der Waals surface area contributed by atoms with Crippen LogP contribution in [0.2, 0.25) is 0 Å². The summed E-state index contributed by atoms with van der Waals surface area (Å²) < 4.78 is 5.27. The SMILES string of the molecule is CC(C)(C)OC(=O)NC1CC2(CCCC(N)C2)C1. The molecular weight excluding hydrogens is 228 g/mol. The first kappa shape index (κ1) is 13.7. The quantitative estimate of drug-likeness (QED) is 0.756. The number of nitrogens with one attached hydrogen (secondary N) is 1. The molecule has 0 saturated heterocycles. The van der Waals surface area contributed by atoms with Crippen molar-refractivity contribution in [1.82, 2.24) is 5.32 Å². The normalized spacial score (nSPS) is 36.0. The van der Waals surface area contributed by atoms with Crippen LogP contribution in [-0.2, 0) is 4.74 Å². The van der Waals surface area contributed by atoms with E-state index in [2.05, 4.69) is 5.32 Å². The molecule has 4 nitrogen and oxygen atoms in total. The number of nitrogens with two attached hydrogens (primary N) is 1. The largest absolute Gasteiger partial charge is 0.444 e. The maximum Gasteiger partial charge on any atom is 0.407 e. The average Bonchev–Trinajstić information content (AvgIpc) is 2.11. The van der Waals surface area contributed by atoms with Crippen LogP contribution >= 0.6 is 0 Å². The average molecular weight is 254 g/mol. The van der Waals surface area contributed by atoms with Gasteiger partial charge >= 0.3 is 6.09 Å². The van der Waals surface area contributed by atoms with Crippen LogP contribution in [-0.4, -0.2) is 23.8 Å². The Morgan fingerprint density at radius 3 is 2.56 bits per heavy atom. The maximum atomic E-state index is 11.6. The smallest absolute Gasteiger partial charge is 0.407 e. The first-order valence-electron chi connectivity index (χ1n) is 7.03. The minimum atomic E-state index is -0.418. The topological polar surface area (TPSA) is 64.3 Å². The van der Waals surface area contributed by atoms with Gasteiger partial charge < -0.3 is 15.8 Å². The second kappa shape index (κ2) is 4.72. The highest BCUT2D eigenvalue weighted by atomic mass is 16.6. The molecule has 2 saturated carbocycles. The van der Waals surface area contributed by atoms with Crippen molar-refractivity contribution in [2.45, 2.75) is 77.0 Å². The molecule has 1 spiro atoms. The summed E-state index contributed by atoms with van der Waals surface area (Å²) in [7, 11) is 0. The lowest BCUT2D eigenvalue weighted by Crippen LogP contribution is -2.54. The van der Waals surface area contributed by atoms with E-state index in [-0.39, 0.29) is 12.1 Å². The van der Waals surface area contributed by atoms with Gasteiger partial charge in [0, 0.05) is 12.1 Å². The molecule has 0 heterocycles. The number of hydrogen-bond donors (Lipinski definition) is 2. The first-order chi connectivity index (χ1) is 8.28. The molecule has 3 N–H and O–H groups in total. The third kappa shape index (κ3) is 3.37. The number of carbonyl (C=O) groups excluding carboxylic acids is 1. The molecule has 0 aromatic heterocycles. The second-order valence-corrected chi connectivity index (χ2v) is 7.11. The van der Waals surface area contributed by atoms with Gasteiger partial charge in [-0.3, -0.25) is 0 Å². The number of ether oxygens (including phenoxy) is 1. The summed E-state index contributed by atoms with van der Waals surface area (Å²) in [4.78, 5) is 11.6. The molecule has 2 rings (SSSR count). The first-order valence-corrected chi connectivity index (χ1v) is 7.03. The van der Waals surface area contributed by atoms with Crippen LogP contribution in [0, 0.1) is 5.41 Å². The van der Waals surface area contributed by atoms with E-state index >= 15 is 0 Å². The number of hydrogen-bond acceptors (Lipinski definition) is 3. The minimum Gasteiger partial charge on any atom is -0.444 e. The summed E-state index contributed by atoms with van der Waals surface area (Å²) in [6, 6.07) is 0.645. The van der Waals surface area contributed by atoms with Gasteiger partial charge in [-0.05, 0) is 58.3 Å². The van der Waals surface area contributed by atoms with E-state index in [0.717, 1.165) is 25.7 Å². The molecule has 0 aliphatic heterocycles. The van der Waals surface area contributed by atoms with Gasteiger partial charge in [0.15, 0.2) is 0 Å².